The minimum atomic E-state index is 0.113. The zero-order chi connectivity index (χ0) is 14.4. The van der Waals surface area contributed by atoms with Gasteiger partial charge in [0, 0.05) is 32.5 Å². The summed E-state index contributed by atoms with van der Waals surface area (Å²) in [7, 11) is 0. The lowest BCUT2D eigenvalue weighted by Crippen LogP contribution is -2.34. The van der Waals surface area contributed by atoms with Crippen LogP contribution in [0, 0.1) is 5.92 Å². The molecule has 1 amide bonds. The summed E-state index contributed by atoms with van der Waals surface area (Å²) < 4.78 is 5.83. The van der Waals surface area contributed by atoms with Gasteiger partial charge < -0.3 is 15.4 Å². The number of rotatable bonds is 7. The smallest absolute Gasteiger partial charge is 0.221 e. The Morgan fingerprint density at radius 2 is 2.20 bits per heavy atom. The van der Waals surface area contributed by atoms with E-state index in [1.165, 1.54) is 5.56 Å². The predicted molar refractivity (Wildman–Crippen MR) is 79.9 cm³/mol. The lowest BCUT2D eigenvalue weighted by Gasteiger charge is -2.12. The molecule has 1 heterocycles. The third-order valence-electron chi connectivity index (χ3n) is 3.32. The highest BCUT2D eigenvalue weighted by Crippen LogP contribution is 2.27. The van der Waals surface area contributed by atoms with Crippen molar-refractivity contribution >= 4 is 5.91 Å². The first-order chi connectivity index (χ1) is 9.65. The number of ether oxygens (including phenoxy) is 1. The maximum atomic E-state index is 11.5. The first-order valence-corrected chi connectivity index (χ1v) is 7.37. The molecule has 0 aromatic heterocycles. The van der Waals surface area contributed by atoms with E-state index in [4.69, 9.17) is 4.74 Å². The zero-order valence-corrected chi connectivity index (χ0v) is 12.3. The Bertz CT molecular complexity index is 421. The van der Waals surface area contributed by atoms with E-state index in [9.17, 15) is 4.79 Å². The van der Waals surface area contributed by atoms with Crippen molar-refractivity contribution in [2.24, 2.45) is 5.92 Å². The maximum Gasteiger partial charge on any atom is 0.221 e. The molecule has 0 fully saturated rings. The fourth-order valence-corrected chi connectivity index (χ4v) is 2.24. The average Bonchev–Trinajstić information content (AvgIpc) is 2.84. The summed E-state index contributed by atoms with van der Waals surface area (Å²) in [5, 5.41) is 6.21. The lowest BCUT2D eigenvalue weighted by atomic mass is 10.1. The molecule has 20 heavy (non-hydrogen) atoms. The number of nitrogens with one attached hydrogen (secondary N) is 2. The number of amides is 1. The quantitative estimate of drug-likeness (QED) is 0.746. The number of benzene rings is 1. The number of carbonyl (C=O) groups is 1. The molecule has 110 valence electrons. The molecule has 0 saturated heterocycles. The Balaban J connectivity index is 1.58. The molecule has 1 atom stereocenters. The van der Waals surface area contributed by atoms with Gasteiger partial charge in [-0.3, -0.25) is 4.79 Å². The molecule has 1 aliphatic heterocycles. The molecule has 2 N–H and O–H groups in total. The SMILES string of the molecule is CC(C)CNC(=O)CCNCC1Cc2ccccc2O1. The number of hydrogen-bond donors (Lipinski definition) is 2. The second kappa shape index (κ2) is 7.29. The van der Waals surface area contributed by atoms with Crippen molar-refractivity contribution < 1.29 is 9.53 Å². The summed E-state index contributed by atoms with van der Waals surface area (Å²) in [6, 6.07) is 8.15. The van der Waals surface area contributed by atoms with Crippen molar-refractivity contribution in [3.05, 3.63) is 29.8 Å². The van der Waals surface area contributed by atoms with Crippen LogP contribution in [-0.4, -0.2) is 31.6 Å². The Morgan fingerprint density at radius 3 is 2.95 bits per heavy atom. The van der Waals surface area contributed by atoms with Gasteiger partial charge in [-0.15, -0.1) is 0 Å². The summed E-state index contributed by atoms with van der Waals surface area (Å²) >= 11 is 0. The fourth-order valence-electron chi connectivity index (χ4n) is 2.24. The van der Waals surface area contributed by atoms with E-state index in [1.807, 2.05) is 18.2 Å². The molecule has 4 nitrogen and oxygen atoms in total. The molecule has 0 saturated carbocycles. The van der Waals surface area contributed by atoms with Crippen LogP contribution in [0.4, 0.5) is 0 Å². The van der Waals surface area contributed by atoms with Gasteiger partial charge in [-0.2, -0.15) is 0 Å². The minimum Gasteiger partial charge on any atom is -0.488 e. The van der Waals surface area contributed by atoms with Gasteiger partial charge in [-0.25, -0.2) is 0 Å². The number of hydrogen-bond acceptors (Lipinski definition) is 3. The molecule has 1 aliphatic rings. The van der Waals surface area contributed by atoms with Gasteiger partial charge in [0.1, 0.15) is 11.9 Å². The van der Waals surface area contributed by atoms with E-state index in [1.54, 1.807) is 0 Å². The highest BCUT2D eigenvalue weighted by Gasteiger charge is 2.21. The topological polar surface area (TPSA) is 50.4 Å². The molecule has 1 aromatic carbocycles. The van der Waals surface area contributed by atoms with Crippen molar-refractivity contribution in [2.75, 3.05) is 19.6 Å². The fraction of sp³-hybridized carbons (Fsp3) is 0.562. The first kappa shape index (κ1) is 14.9. The summed E-state index contributed by atoms with van der Waals surface area (Å²) in [6.07, 6.45) is 1.65. The zero-order valence-electron chi connectivity index (χ0n) is 12.3. The third-order valence-corrected chi connectivity index (χ3v) is 3.32. The summed E-state index contributed by atoms with van der Waals surface area (Å²) in [5.74, 6) is 1.60. The second-order valence-electron chi connectivity index (χ2n) is 5.70. The van der Waals surface area contributed by atoms with Crippen LogP contribution in [0.1, 0.15) is 25.8 Å². The van der Waals surface area contributed by atoms with Gasteiger partial charge in [0.25, 0.3) is 0 Å². The largest absolute Gasteiger partial charge is 0.488 e. The van der Waals surface area contributed by atoms with E-state index in [-0.39, 0.29) is 12.0 Å². The monoisotopic (exact) mass is 276 g/mol. The van der Waals surface area contributed by atoms with E-state index >= 15 is 0 Å². The first-order valence-electron chi connectivity index (χ1n) is 7.37. The predicted octanol–water partition coefficient (Wildman–Crippen LogP) is 1.74. The van der Waals surface area contributed by atoms with Crippen molar-refractivity contribution in [1.29, 1.82) is 0 Å². The van der Waals surface area contributed by atoms with Gasteiger partial charge in [-0.05, 0) is 17.5 Å². The Kier molecular flexibility index (Phi) is 5.41. The molecular formula is C16H24N2O2. The number of carbonyl (C=O) groups excluding carboxylic acids is 1. The van der Waals surface area contributed by atoms with Crippen LogP contribution in [-0.2, 0) is 11.2 Å². The molecule has 0 radical (unpaired) electrons. The molecule has 0 bridgehead atoms. The van der Waals surface area contributed by atoms with Crippen molar-refractivity contribution in [1.82, 2.24) is 10.6 Å². The van der Waals surface area contributed by atoms with Crippen LogP contribution in [0.15, 0.2) is 24.3 Å². The van der Waals surface area contributed by atoms with E-state index < -0.39 is 0 Å². The van der Waals surface area contributed by atoms with Crippen molar-refractivity contribution in [3.63, 3.8) is 0 Å². The highest BCUT2D eigenvalue weighted by molar-refractivity contribution is 5.76. The van der Waals surface area contributed by atoms with Crippen LogP contribution < -0.4 is 15.4 Å². The molecule has 0 aliphatic carbocycles. The third kappa shape index (κ3) is 4.53. The van der Waals surface area contributed by atoms with Crippen molar-refractivity contribution in [2.45, 2.75) is 32.8 Å². The molecule has 4 heteroatoms. The van der Waals surface area contributed by atoms with Gasteiger partial charge >= 0.3 is 0 Å². The van der Waals surface area contributed by atoms with Gasteiger partial charge in [-0.1, -0.05) is 32.0 Å². The molecule has 0 spiro atoms. The number of fused-ring (bicyclic) bond motifs is 1. The summed E-state index contributed by atoms with van der Waals surface area (Å²) in [5.41, 5.74) is 1.27. The van der Waals surface area contributed by atoms with Gasteiger partial charge in [0.05, 0.1) is 0 Å². The molecule has 2 rings (SSSR count). The standard InChI is InChI=1S/C16H24N2O2/c1-12(2)10-18-16(19)7-8-17-11-14-9-13-5-3-4-6-15(13)20-14/h3-6,12,14,17H,7-11H2,1-2H3,(H,18,19). The molecule has 1 unspecified atom stereocenters. The maximum absolute atomic E-state index is 11.5. The lowest BCUT2D eigenvalue weighted by molar-refractivity contribution is -0.121. The average molecular weight is 276 g/mol. The summed E-state index contributed by atoms with van der Waals surface area (Å²) in [6.45, 7) is 6.41. The second-order valence-corrected chi connectivity index (χ2v) is 5.70. The highest BCUT2D eigenvalue weighted by atomic mass is 16.5. The van der Waals surface area contributed by atoms with Crippen LogP contribution in [0.2, 0.25) is 0 Å². The van der Waals surface area contributed by atoms with Gasteiger partial charge in [0.2, 0.25) is 5.91 Å². The molecular weight excluding hydrogens is 252 g/mol. The van der Waals surface area contributed by atoms with Crippen LogP contribution >= 0.6 is 0 Å². The van der Waals surface area contributed by atoms with E-state index in [0.29, 0.717) is 18.9 Å². The normalized spacial score (nSPS) is 16.9. The van der Waals surface area contributed by atoms with Crippen LogP contribution in [0.5, 0.6) is 5.75 Å². The summed E-state index contributed by atoms with van der Waals surface area (Å²) in [4.78, 5) is 11.5. The van der Waals surface area contributed by atoms with E-state index in [2.05, 4.69) is 30.5 Å². The van der Waals surface area contributed by atoms with Crippen LogP contribution in [0.3, 0.4) is 0 Å². The Hall–Kier alpha value is -1.55. The molecule has 1 aromatic rings. The van der Waals surface area contributed by atoms with Gasteiger partial charge in [0.15, 0.2) is 0 Å². The minimum absolute atomic E-state index is 0.113. The Morgan fingerprint density at radius 1 is 1.40 bits per heavy atom. The Labute approximate surface area is 120 Å². The van der Waals surface area contributed by atoms with Crippen molar-refractivity contribution in [3.8, 4) is 5.75 Å². The van der Waals surface area contributed by atoms with Crippen LogP contribution in [0.25, 0.3) is 0 Å². The number of para-hydroxylation sites is 1. The van der Waals surface area contributed by atoms with E-state index in [0.717, 1.165) is 25.3 Å².